The van der Waals surface area contributed by atoms with Gasteiger partial charge in [0.2, 0.25) is 5.91 Å². The van der Waals surface area contributed by atoms with Crippen LogP contribution in [-0.2, 0) is 4.79 Å². The zero-order valence-corrected chi connectivity index (χ0v) is 17.6. The molecule has 0 saturated carbocycles. The lowest BCUT2D eigenvalue weighted by Crippen LogP contribution is -2.37. The summed E-state index contributed by atoms with van der Waals surface area (Å²) in [6.07, 6.45) is 3.82. The normalized spacial score (nSPS) is 13.2. The van der Waals surface area contributed by atoms with Crippen molar-refractivity contribution >= 4 is 18.5 Å². The summed E-state index contributed by atoms with van der Waals surface area (Å²) in [5.41, 5.74) is 2.49. The van der Waals surface area contributed by atoms with Crippen LogP contribution in [0.15, 0.2) is 46.1 Å². The van der Waals surface area contributed by atoms with Gasteiger partial charge in [0.15, 0.2) is 0 Å². The number of rotatable bonds is 8. The highest BCUT2D eigenvalue weighted by molar-refractivity contribution is 7.80. The van der Waals surface area contributed by atoms with Gasteiger partial charge in [-0.05, 0) is 48.6 Å². The maximum atomic E-state index is 13.0. The number of hydrogen-bond donors (Lipinski definition) is 2. The van der Waals surface area contributed by atoms with Gasteiger partial charge in [0.25, 0.3) is 5.56 Å². The molecule has 0 aliphatic rings. The number of aryl methyl sites for hydroxylation is 1. The Balaban J connectivity index is 2.45. The molecule has 1 N–H and O–H groups in total. The summed E-state index contributed by atoms with van der Waals surface area (Å²) in [5.74, 6) is 0.313. The summed E-state index contributed by atoms with van der Waals surface area (Å²) in [6, 6.07) is 10.8. The number of benzene rings is 1. The van der Waals surface area contributed by atoms with Crippen molar-refractivity contribution in [2.45, 2.75) is 57.4 Å². The monoisotopic (exact) mass is 386 g/mol. The molecule has 1 amide bonds. The Morgan fingerprint density at radius 3 is 2.33 bits per heavy atom. The minimum atomic E-state index is -0.479. The van der Waals surface area contributed by atoms with Gasteiger partial charge in [-0.3, -0.25) is 9.59 Å². The molecule has 0 aliphatic heterocycles. The van der Waals surface area contributed by atoms with Crippen molar-refractivity contribution in [2.75, 3.05) is 7.05 Å². The van der Waals surface area contributed by atoms with Gasteiger partial charge in [0.05, 0.1) is 0 Å². The van der Waals surface area contributed by atoms with E-state index < -0.39 is 6.04 Å². The standard InChI is InChI=1S/C22H30N2O2S/c1-5-7-16(6-2)13-20(22(26)23-4)24-15(3)12-18(14-21(24)25)17-8-10-19(27)11-9-17/h8-12,14,16,20,27H,5-7,13H2,1-4H3,(H,23,26). The predicted molar refractivity (Wildman–Crippen MR) is 115 cm³/mol. The lowest BCUT2D eigenvalue weighted by molar-refractivity contribution is -0.124. The van der Waals surface area contributed by atoms with E-state index in [1.807, 2.05) is 37.3 Å². The molecule has 2 aromatic rings. The van der Waals surface area contributed by atoms with Crippen LogP contribution in [-0.4, -0.2) is 17.5 Å². The van der Waals surface area contributed by atoms with Crippen molar-refractivity contribution in [1.29, 1.82) is 0 Å². The van der Waals surface area contributed by atoms with Crippen LogP contribution in [0, 0.1) is 12.8 Å². The van der Waals surface area contributed by atoms with E-state index in [1.54, 1.807) is 17.7 Å². The van der Waals surface area contributed by atoms with Crippen LogP contribution in [0.2, 0.25) is 0 Å². The molecule has 2 rings (SSSR count). The van der Waals surface area contributed by atoms with Gasteiger partial charge in [-0.2, -0.15) is 0 Å². The Kier molecular flexibility index (Phi) is 7.72. The van der Waals surface area contributed by atoms with E-state index in [2.05, 4.69) is 31.8 Å². The first kappa shape index (κ1) is 21.3. The molecule has 0 fully saturated rings. The number of nitrogens with one attached hydrogen (secondary N) is 1. The van der Waals surface area contributed by atoms with Crippen LogP contribution in [0.5, 0.6) is 0 Å². The molecule has 146 valence electrons. The third-order valence-electron chi connectivity index (χ3n) is 5.15. The van der Waals surface area contributed by atoms with Crippen LogP contribution in [0.3, 0.4) is 0 Å². The molecule has 0 bridgehead atoms. The third kappa shape index (κ3) is 5.25. The molecule has 27 heavy (non-hydrogen) atoms. The smallest absolute Gasteiger partial charge is 0.252 e. The number of amides is 1. The van der Waals surface area contributed by atoms with E-state index in [4.69, 9.17) is 0 Å². The summed E-state index contributed by atoms with van der Waals surface area (Å²) in [6.45, 7) is 6.19. The largest absolute Gasteiger partial charge is 0.357 e. The van der Waals surface area contributed by atoms with Crippen LogP contribution in [0.25, 0.3) is 11.1 Å². The Labute approximate surface area is 167 Å². The number of aromatic nitrogens is 1. The average Bonchev–Trinajstić information content (AvgIpc) is 2.65. The number of hydrogen-bond acceptors (Lipinski definition) is 3. The fourth-order valence-corrected chi connectivity index (χ4v) is 3.79. The summed E-state index contributed by atoms with van der Waals surface area (Å²) >= 11 is 4.31. The minimum absolute atomic E-state index is 0.109. The number of thiol groups is 1. The lowest BCUT2D eigenvalue weighted by atomic mass is 9.92. The van der Waals surface area contributed by atoms with E-state index in [0.717, 1.165) is 41.0 Å². The molecule has 1 aromatic heterocycles. The highest BCUT2D eigenvalue weighted by Gasteiger charge is 2.25. The van der Waals surface area contributed by atoms with Crippen molar-refractivity contribution in [3.8, 4) is 11.1 Å². The van der Waals surface area contributed by atoms with Crippen molar-refractivity contribution in [1.82, 2.24) is 9.88 Å². The Bertz CT molecular complexity index is 827. The molecule has 5 heteroatoms. The molecule has 1 heterocycles. The van der Waals surface area contributed by atoms with Gasteiger partial charge in [0, 0.05) is 23.7 Å². The van der Waals surface area contributed by atoms with Gasteiger partial charge < -0.3 is 9.88 Å². The quantitative estimate of drug-likeness (QED) is 0.651. The highest BCUT2D eigenvalue weighted by atomic mass is 32.1. The molecule has 0 aliphatic carbocycles. The summed E-state index contributed by atoms with van der Waals surface area (Å²) in [4.78, 5) is 26.4. The SMILES string of the molecule is CCCC(CC)CC(C(=O)NC)n1c(C)cc(-c2ccc(S)cc2)cc1=O. The number of carbonyl (C=O) groups is 1. The molecular formula is C22H30N2O2S. The van der Waals surface area contributed by atoms with Crippen LogP contribution in [0.1, 0.15) is 51.3 Å². The van der Waals surface area contributed by atoms with Crippen molar-refractivity contribution < 1.29 is 4.79 Å². The molecule has 0 radical (unpaired) electrons. The van der Waals surface area contributed by atoms with Crippen molar-refractivity contribution in [3.63, 3.8) is 0 Å². The lowest BCUT2D eigenvalue weighted by Gasteiger charge is -2.25. The van der Waals surface area contributed by atoms with Gasteiger partial charge in [0.1, 0.15) is 6.04 Å². The number of likely N-dealkylation sites (N-methyl/N-ethyl adjacent to an activating group) is 1. The number of pyridine rings is 1. The summed E-state index contributed by atoms with van der Waals surface area (Å²) in [5, 5.41) is 2.73. The molecule has 0 spiro atoms. The van der Waals surface area contributed by atoms with Gasteiger partial charge in [-0.25, -0.2) is 0 Å². The third-order valence-corrected chi connectivity index (χ3v) is 5.45. The average molecular weight is 387 g/mol. The fourth-order valence-electron chi connectivity index (χ4n) is 3.64. The first-order valence-corrected chi connectivity index (χ1v) is 10.1. The molecule has 2 unspecified atom stereocenters. The highest BCUT2D eigenvalue weighted by Crippen LogP contribution is 2.26. The van der Waals surface area contributed by atoms with Crippen LogP contribution >= 0.6 is 12.6 Å². The second-order valence-corrected chi connectivity index (χ2v) is 7.59. The van der Waals surface area contributed by atoms with E-state index in [0.29, 0.717) is 12.3 Å². The second-order valence-electron chi connectivity index (χ2n) is 7.07. The molecule has 1 aromatic carbocycles. The van der Waals surface area contributed by atoms with Crippen molar-refractivity contribution in [2.24, 2.45) is 5.92 Å². The zero-order chi connectivity index (χ0) is 20.0. The van der Waals surface area contributed by atoms with Gasteiger partial charge in [-0.1, -0.05) is 45.2 Å². The van der Waals surface area contributed by atoms with E-state index in [9.17, 15) is 9.59 Å². The second kappa shape index (κ2) is 9.79. The molecule has 0 saturated heterocycles. The number of carbonyl (C=O) groups excluding carboxylic acids is 1. The van der Waals surface area contributed by atoms with E-state index in [1.165, 1.54) is 0 Å². The Hall–Kier alpha value is -2.01. The predicted octanol–water partition coefficient (Wildman–Crippen LogP) is 4.62. The first-order chi connectivity index (χ1) is 12.9. The Morgan fingerprint density at radius 2 is 1.81 bits per heavy atom. The minimum Gasteiger partial charge on any atom is -0.357 e. The number of nitrogens with zero attached hydrogens (tertiary/aromatic N) is 1. The molecule has 2 atom stereocenters. The first-order valence-electron chi connectivity index (χ1n) is 9.65. The maximum absolute atomic E-state index is 13.0. The zero-order valence-electron chi connectivity index (χ0n) is 16.7. The van der Waals surface area contributed by atoms with E-state index >= 15 is 0 Å². The maximum Gasteiger partial charge on any atom is 0.252 e. The fraction of sp³-hybridized carbons (Fsp3) is 0.455. The van der Waals surface area contributed by atoms with Crippen LogP contribution in [0.4, 0.5) is 0 Å². The Morgan fingerprint density at radius 1 is 1.15 bits per heavy atom. The van der Waals surface area contributed by atoms with Crippen LogP contribution < -0.4 is 10.9 Å². The van der Waals surface area contributed by atoms with Gasteiger partial charge >= 0.3 is 0 Å². The van der Waals surface area contributed by atoms with Crippen molar-refractivity contribution in [3.05, 3.63) is 52.4 Å². The topological polar surface area (TPSA) is 51.1 Å². The molecular weight excluding hydrogens is 356 g/mol. The molecule has 4 nitrogen and oxygen atoms in total. The van der Waals surface area contributed by atoms with E-state index in [-0.39, 0.29) is 11.5 Å². The van der Waals surface area contributed by atoms with Gasteiger partial charge in [-0.15, -0.1) is 12.6 Å². The summed E-state index contributed by atoms with van der Waals surface area (Å²) in [7, 11) is 1.63. The summed E-state index contributed by atoms with van der Waals surface area (Å²) < 4.78 is 1.65.